The third-order valence-electron chi connectivity index (χ3n) is 2.37. The first-order chi connectivity index (χ1) is 7.87. The van der Waals surface area contributed by atoms with Crippen molar-refractivity contribution in [2.75, 3.05) is 0 Å². The maximum atomic E-state index is 11.7. The molecule has 0 saturated carbocycles. The van der Waals surface area contributed by atoms with Gasteiger partial charge in [-0.15, -0.1) is 0 Å². The molecule has 17 heavy (non-hydrogen) atoms. The van der Waals surface area contributed by atoms with Crippen LogP contribution in [0.1, 0.15) is 39.2 Å². The zero-order chi connectivity index (χ0) is 12.9. The average Bonchev–Trinajstić information content (AvgIpc) is 2.15. The van der Waals surface area contributed by atoms with Crippen LogP contribution in [0.3, 0.4) is 0 Å². The van der Waals surface area contributed by atoms with E-state index in [0.29, 0.717) is 12.8 Å². The number of carbonyl (C=O) groups excluding carboxylic acids is 2. The number of benzene rings is 1. The van der Waals surface area contributed by atoms with Crippen LogP contribution in [0.4, 0.5) is 0 Å². The molecule has 0 aliphatic rings. The predicted octanol–water partition coefficient (Wildman–Crippen LogP) is 3.19. The Hall–Kier alpha value is -1.44. The molecule has 0 atom stereocenters. The number of hydrogen-bond donors (Lipinski definition) is 0. The van der Waals surface area contributed by atoms with Crippen molar-refractivity contribution in [3.8, 4) is 0 Å². The second-order valence-electron chi connectivity index (χ2n) is 5.65. The Balaban J connectivity index is 2.43. The van der Waals surface area contributed by atoms with Gasteiger partial charge in [0, 0.05) is 12.8 Å². The molecule has 0 spiro atoms. The molecule has 0 saturated heterocycles. The van der Waals surface area contributed by atoms with Gasteiger partial charge in [-0.25, -0.2) is 0 Å². The average molecular weight is 232 g/mol. The van der Waals surface area contributed by atoms with E-state index in [1.807, 2.05) is 51.1 Å². The molecular weight excluding hydrogens is 212 g/mol. The molecule has 0 radical (unpaired) electrons. The third kappa shape index (κ3) is 6.00. The third-order valence-corrected chi connectivity index (χ3v) is 2.37. The number of carbonyl (C=O) groups is 2. The van der Waals surface area contributed by atoms with E-state index >= 15 is 0 Å². The van der Waals surface area contributed by atoms with Gasteiger partial charge in [0.1, 0.15) is 11.6 Å². The van der Waals surface area contributed by atoms with Crippen molar-refractivity contribution < 1.29 is 9.59 Å². The van der Waals surface area contributed by atoms with Gasteiger partial charge in [0.2, 0.25) is 0 Å². The molecule has 0 aliphatic carbocycles. The van der Waals surface area contributed by atoms with Crippen LogP contribution in [0.15, 0.2) is 30.3 Å². The van der Waals surface area contributed by atoms with Crippen LogP contribution in [0.25, 0.3) is 0 Å². The van der Waals surface area contributed by atoms with Crippen molar-refractivity contribution in [1.82, 2.24) is 0 Å². The largest absolute Gasteiger partial charge is 0.299 e. The van der Waals surface area contributed by atoms with Crippen molar-refractivity contribution in [2.24, 2.45) is 5.41 Å². The predicted molar refractivity (Wildman–Crippen MR) is 68.8 cm³/mol. The van der Waals surface area contributed by atoms with Gasteiger partial charge in [0.25, 0.3) is 0 Å². The number of ketones is 2. The quantitative estimate of drug-likeness (QED) is 0.731. The Morgan fingerprint density at radius 2 is 1.59 bits per heavy atom. The summed E-state index contributed by atoms with van der Waals surface area (Å²) in [7, 11) is 0. The molecular formula is C15H20O2. The number of Topliss-reactive ketones (excluding diaryl/α,β-unsaturated/α-hetero) is 2. The fourth-order valence-corrected chi connectivity index (χ4v) is 1.76. The standard InChI is InChI=1S/C15H20O2/c1-15(2,3)11-14(17)10-13(16)9-12-7-5-4-6-8-12/h4-8H,9-11H2,1-3H3. The lowest BCUT2D eigenvalue weighted by molar-refractivity contribution is -0.127. The molecule has 0 heterocycles. The molecule has 0 N–H and O–H groups in total. The zero-order valence-electron chi connectivity index (χ0n) is 10.8. The lowest BCUT2D eigenvalue weighted by Gasteiger charge is -2.16. The van der Waals surface area contributed by atoms with Gasteiger partial charge in [-0.1, -0.05) is 51.1 Å². The summed E-state index contributed by atoms with van der Waals surface area (Å²) in [4.78, 5) is 23.3. The van der Waals surface area contributed by atoms with Crippen molar-refractivity contribution in [3.63, 3.8) is 0 Å². The van der Waals surface area contributed by atoms with Gasteiger partial charge >= 0.3 is 0 Å². The summed E-state index contributed by atoms with van der Waals surface area (Å²) in [6.07, 6.45) is 0.885. The van der Waals surface area contributed by atoms with Crippen molar-refractivity contribution in [3.05, 3.63) is 35.9 Å². The fraction of sp³-hybridized carbons (Fsp3) is 0.467. The molecule has 1 aromatic carbocycles. The van der Waals surface area contributed by atoms with Gasteiger partial charge in [-0.3, -0.25) is 9.59 Å². The molecule has 0 bridgehead atoms. The summed E-state index contributed by atoms with van der Waals surface area (Å²) in [5.74, 6) is 0.0453. The molecule has 2 heteroatoms. The molecule has 1 rings (SSSR count). The Kier molecular flexibility index (Phi) is 4.62. The van der Waals surface area contributed by atoms with Gasteiger partial charge in [-0.2, -0.15) is 0 Å². The summed E-state index contributed by atoms with van der Waals surface area (Å²) in [6, 6.07) is 9.54. The molecule has 0 aromatic heterocycles. The van der Waals surface area contributed by atoms with Gasteiger partial charge in [-0.05, 0) is 11.0 Å². The van der Waals surface area contributed by atoms with E-state index in [0.717, 1.165) is 5.56 Å². The van der Waals surface area contributed by atoms with Crippen LogP contribution >= 0.6 is 0 Å². The molecule has 0 aliphatic heterocycles. The Bertz CT molecular complexity index is 385. The maximum Gasteiger partial charge on any atom is 0.144 e. The first kappa shape index (κ1) is 13.6. The van der Waals surface area contributed by atoms with E-state index in [1.165, 1.54) is 0 Å². The van der Waals surface area contributed by atoms with Crippen LogP contribution in [0.5, 0.6) is 0 Å². The molecule has 0 fully saturated rings. The normalized spacial score (nSPS) is 11.2. The highest BCUT2D eigenvalue weighted by Crippen LogP contribution is 2.19. The van der Waals surface area contributed by atoms with Crippen LogP contribution in [0, 0.1) is 5.41 Å². The van der Waals surface area contributed by atoms with Gasteiger partial charge in [0.05, 0.1) is 6.42 Å². The summed E-state index contributed by atoms with van der Waals surface area (Å²) in [5, 5.41) is 0. The van der Waals surface area contributed by atoms with E-state index in [2.05, 4.69) is 0 Å². The number of rotatable bonds is 5. The smallest absolute Gasteiger partial charge is 0.144 e. The zero-order valence-corrected chi connectivity index (χ0v) is 10.8. The second kappa shape index (κ2) is 5.76. The summed E-state index contributed by atoms with van der Waals surface area (Å²) in [6.45, 7) is 6.02. The highest BCUT2D eigenvalue weighted by Gasteiger charge is 2.18. The summed E-state index contributed by atoms with van der Waals surface area (Å²) >= 11 is 0. The number of hydrogen-bond acceptors (Lipinski definition) is 2. The molecule has 2 nitrogen and oxygen atoms in total. The fourth-order valence-electron chi connectivity index (χ4n) is 1.76. The lowest BCUT2D eigenvalue weighted by atomic mass is 9.88. The lowest BCUT2D eigenvalue weighted by Crippen LogP contribution is -2.17. The first-order valence-electron chi connectivity index (χ1n) is 5.94. The highest BCUT2D eigenvalue weighted by molar-refractivity contribution is 6.00. The Labute approximate surface area is 103 Å². The van der Waals surface area contributed by atoms with E-state index in [-0.39, 0.29) is 23.4 Å². The summed E-state index contributed by atoms with van der Waals surface area (Å²) < 4.78 is 0. The van der Waals surface area contributed by atoms with Crippen LogP contribution in [-0.2, 0) is 16.0 Å². The Morgan fingerprint density at radius 1 is 1.00 bits per heavy atom. The minimum atomic E-state index is -0.0376. The van der Waals surface area contributed by atoms with Crippen LogP contribution in [-0.4, -0.2) is 11.6 Å². The van der Waals surface area contributed by atoms with Crippen LogP contribution < -0.4 is 0 Å². The van der Waals surface area contributed by atoms with E-state index in [4.69, 9.17) is 0 Å². The topological polar surface area (TPSA) is 34.1 Å². The SMILES string of the molecule is CC(C)(C)CC(=O)CC(=O)Cc1ccccc1. The maximum absolute atomic E-state index is 11.7. The monoisotopic (exact) mass is 232 g/mol. The molecule has 0 amide bonds. The highest BCUT2D eigenvalue weighted by atomic mass is 16.1. The summed E-state index contributed by atoms with van der Waals surface area (Å²) in [5.41, 5.74) is 0.936. The van der Waals surface area contributed by atoms with Crippen LogP contribution in [0.2, 0.25) is 0 Å². The van der Waals surface area contributed by atoms with Crippen molar-refractivity contribution in [2.45, 2.75) is 40.0 Å². The van der Waals surface area contributed by atoms with E-state index in [9.17, 15) is 9.59 Å². The molecule has 92 valence electrons. The van der Waals surface area contributed by atoms with Crippen molar-refractivity contribution >= 4 is 11.6 Å². The van der Waals surface area contributed by atoms with Gasteiger partial charge in [0.15, 0.2) is 0 Å². The van der Waals surface area contributed by atoms with E-state index < -0.39 is 0 Å². The molecule has 0 unspecified atom stereocenters. The second-order valence-corrected chi connectivity index (χ2v) is 5.65. The Morgan fingerprint density at radius 3 is 2.12 bits per heavy atom. The van der Waals surface area contributed by atoms with Crippen molar-refractivity contribution in [1.29, 1.82) is 0 Å². The van der Waals surface area contributed by atoms with E-state index in [1.54, 1.807) is 0 Å². The van der Waals surface area contributed by atoms with Gasteiger partial charge < -0.3 is 0 Å². The minimum absolute atomic E-state index is 0.00505. The minimum Gasteiger partial charge on any atom is -0.299 e. The first-order valence-corrected chi connectivity index (χ1v) is 5.94. The molecule has 1 aromatic rings.